The number of nitrogens with zero attached hydrogens (tertiary/aromatic N) is 1. The van der Waals surface area contributed by atoms with Gasteiger partial charge < -0.3 is 15.8 Å². The molecule has 1 fully saturated rings. The van der Waals surface area contributed by atoms with Crippen molar-refractivity contribution in [2.24, 2.45) is 5.73 Å². The summed E-state index contributed by atoms with van der Waals surface area (Å²) in [4.78, 5) is 25.2. The fourth-order valence-electron chi connectivity index (χ4n) is 2.72. The van der Waals surface area contributed by atoms with Crippen LogP contribution in [-0.2, 0) is 9.59 Å². The number of hydrogen-bond acceptors (Lipinski definition) is 4. The Kier molecular flexibility index (Phi) is 5.98. The van der Waals surface area contributed by atoms with Crippen LogP contribution in [0.3, 0.4) is 0 Å². The van der Waals surface area contributed by atoms with Crippen molar-refractivity contribution in [2.45, 2.75) is 38.8 Å². The minimum atomic E-state index is -0.541. The molecule has 1 unspecified atom stereocenters. The van der Waals surface area contributed by atoms with Crippen molar-refractivity contribution in [1.82, 2.24) is 10.2 Å². The summed E-state index contributed by atoms with van der Waals surface area (Å²) < 4.78 is 5.69. The van der Waals surface area contributed by atoms with Crippen molar-refractivity contribution in [3.05, 3.63) is 29.8 Å². The number of nitrogens with two attached hydrogens (primary N) is 1. The van der Waals surface area contributed by atoms with E-state index in [4.69, 9.17) is 10.5 Å². The molecule has 2 amide bonds. The van der Waals surface area contributed by atoms with E-state index < -0.39 is 6.10 Å². The molecule has 1 atom stereocenters. The lowest BCUT2D eigenvalue weighted by Crippen LogP contribution is -2.49. The summed E-state index contributed by atoms with van der Waals surface area (Å²) in [5.74, 6) is 0.274. The smallest absolute Gasteiger partial charge is 0.260 e. The average Bonchev–Trinajstić information content (AvgIpc) is 2.48. The molecule has 0 aliphatic carbocycles. The van der Waals surface area contributed by atoms with Crippen LogP contribution in [0, 0.1) is 6.92 Å². The number of carbonyl (C=O) groups excluding carboxylic acids is 2. The van der Waals surface area contributed by atoms with E-state index in [1.165, 1.54) is 0 Å². The molecule has 23 heavy (non-hydrogen) atoms. The fourth-order valence-corrected chi connectivity index (χ4v) is 2.72. The van der Waals surface area contributed by atoms with E-state index in [1.54, 1.807) is 6.92 Å². The zero-order valence-electron chi connectivity index (χ0n) is 13.7. The van der Waals surface area contributed by atoms with Crippen molar-refractivity contribution < 1.29 is 14.3 Å². The number of hydrogen-bond donors (Lipinski definition) is 2. The van der Waals surface area contributed by atoms with Gasteiger partial charge in [-0.25, -0.2) is 0 Å². The molecule has 0 bridgehead atoms. The van der Waals surface area contributed by atoms with Crippen molar-refractivity contribution in [1.29, 1.82) is 0 Å². The van der Waals surface area contributed by atoms with Gasteiger partial charge in [0.2, 0.25) is 5.91 Å². The van der Waals surface area contributed by atoms with Gasteiger partial charge in [-0.05, 0) is 44.4 Å². The third-order valence-corrected chi connectivity index (χ3v) is 3.99. The summed E-state index contributed by atoms with van der Waals surface area (Å²) in [6.07, 6.45) is 1.09. The number of aryl methyl sites for hydroxylation is 1. The molecule has 1 aliphatic heterocycles. The van der Waals surface area contributed by atoms with Crippen LogP contribution in [-0.4, -0.2) is 48.5 Å². The van der Waals surface area contributed by atoms with Crippen LogP contribution >= 0.6 is 0 Å². The first-order valence-electron chi connectivity index (χ1n) is 7.98. The van der Waals surface area contributed by atoms with Crippen LogP contribution in [0.1, 0.15) is 25.3 Å². The fraction of sp³-hybridized carbons (Fsp3) is 0.529. The zero-order valence-corrected chi connectivity index (χ0v) is 13.7. The molecule has 2 rings (SSSR count). The van der Waals surface area contributed by atoms with Crippen LogP contribution in [0.15, 0.2) is 24.3 Å². The summed E-state index contributed by atoms with van der Waals surface area (Å²) >= 11 is 0. The first kappa shape index (κ1) is 17.3. The van der Waals surface area contributed by atoms with Gasteiger partial charge in [-0.2, -0.15) is 0 Å². The third kappa shape index (κ3) is 5.56. The standard InChI is InChI=1S/C17H25N3O3/c1-12-4-3-5-15(10-12)23-13(2)17(22)19-14-6-8-20(9-7-14)11-16(18)21/h3-5,10,13-14H,6-9,11H2,1-2H3,(H2,18,21)(H,19,22). The molecule has 0 saturated carbocycles. The van der Waals surface area contributed by atoms with Gasteiger partial charge in [-0.3, -0.25) is 14.5 Å². The monoisotopic (exact) mass is 319 g/mol. The Balaban J connectivity index is 1.77. The molecule has 0 aromatic heterocycles. The van der Waals surface area contributed by atoms with Crippen molar-refractivity contribution in [3.63, 3.8) is 0 Å². The number of amides is 2. The Hall–Kier alpha value is -2.08. The Morgan fingerprint density at radius 3 is 2.70 bits per heavy atom. The maximum atomic E-state index is 12.2. The van der Waals surface area contributed by atoms with Gasteiger partial charge in [0, 0.05) is 19.1 Å². The van der Waals surface area contributed by atoms with E-state index >= 15 is 0 Å². The lowest BCUT2D eigenvalue weighted by atomic mass is 10.0. The summed E-state index contributed by atoms with van der Waals surface area (Å²) in [6.45, 7) is 5.55. The van der Waals surface area contributed by atoms with Gasteiger partial charge in [0.1, 0.15) is 5.75 Å². The van der Waals surface area contributed by atoms with Gasteiger partial charge >= 0.3 is 0 Å². The minimum absolute atomic E-state index is 0.111. The summed E-state index contributed by atoms with van der Waals surface area (Å²) in [7, 11) is 0. The lowest BCUT2D eigenvalue weighted by Gasteiger charge is -2.32. The van der Waals surface area contributed by atoms with Crippen molar-refractivity contribution >= 4 is 11.8 Å². The topological polar surface area (TPSA) is 84.7 Å². The number of ether oxygens (including phenoxy) is 1. The molecule has 1 aliphatic rings. The van der Waals surface area contributed by atoms with Crippen molar-refractivity contribution in [2.75, 3.05) is 19.6 Å². The first-order valence-corrected chi connectivity index (χ1v) is 7.98. The van der Waals surface area contributed by atoms with Crippen molar-refractivity contribution in [3.8, 4) is 5.75 Å². The van der Waals surface area contributed by atoms with E-state index in [-0.39, 0.29) is 24.4 Å². The lowest BCUT2D eigenvalue weighted by molar-refractivity contribution is -0.128. The molecule has 1 aromatic carbocycles. The molecule has 0 radical (unpaired) electrons. The molecule has 1 heterocycles. The zero-order chi connectivity index (χ0) is 16.8. The molecule has 1 aromatic rings. The van der Waals surface area contributed by atoms with E-state index in [2.05, 4.69) is 5.32 Å². The van der Waals surface area contributed by atoms with E-state index in [1.807, 2.05) is 36.1 Å². The first-order chi connectivity index (χ1) is 10.9. The summed E-state index contributed by atoms with van der Waals surface area (Å²) in [6, 6.07) is 7.77. The second kappa shape index (κ2) is 7.97. The normalized spacial score (nSPS) is 17.5. The number of piperidine rings is 1. The minimum Gasteiger partial charge on any atom is -0.481 e. The quantitative estimate of drug-likeness (QED) is 0.813. The molecule has 1 saturated heterocycles. The van der Waals surface area contributed by atoms with E-state index in [0.29, 0.717) is 5.75 Å². The number of benzene rings is 1. The third-order valence-electron chi connectivity index (χ3n) is 3.99. The highest BCUT2D eigenvalue weighted by molar-refractivity contribution is 5.81. The summed E-state index contributed by atoms with van der Waals surface area (Å²) in [5.41, 5.74) is 6.29. The average molecular weight is 319 g/mol. The van der Waals surface area contributed by atoms with Gasteiger partial charge in [0.25, 0.3) is 5.91 Å². The van der Waals surface area contributed by atoms with Crippen LogP contribution < -0.4 is 15.8 Å². The Morgan fingerprint density at radius 1 is 1.39 bits per heavy atom. The molecule has 6 nitrogen and oxygen atoms in total. The molecule has 6 heteroatoms. The highest BCUT2D eigenvalue weighted by atomic mass is 16.5. The highest BCUT2D eigenvalue weighted by Crippen LogP contribution is 2.15. The highest BCUT2D eigenvalue weighted by Gasteiger charge is 2.24. The molecule has 3 N–H and O–H groups in total. The van der Waals surface area contributed by atoms with Gasteiger partial charge in [0.05, 0.1) is 6.54 Å². The molecular formula is C17H25N3O3. The van der Waals surface area contributed by atoms with Gasteiger partial charge in [-0.1, -0.05) is 12.1 Å². The van der Waals surface area contributed by atoms with Gasteiger partial charge in [-0.15, -0.1) is 0 Å². The number of carbonyl (C=O) groups is 2. The predicted molar refractivity (Wildman–Crippen MR) is 88.1 cm³/mol. The predicted octanol–water partition coefficient (Wildman–Crippen LogP) is 0.828. The van der Waals surface area contributed by atoms with Crippen LogP contribution in [0.5, 0.6) is 5.75 Å². The largest absolute Gasteiger partial charge is 0.481 e. The van der Waals surface area contributed by atoms with Crippen LogP contribution in [0.25, 0.3) is 0 Å². The van der Waals surface area contributed by atoms with Crippen LogP contribution in [0.4, 0.5) is 0 Å². The second-order valence-corrected chi connectivity index (χ2v) is 6.10. The Bertz CT molecular complexity index is 554. The number of likely N-dealkylation sites (tertiary alicyclic amines) is 1. The number of nitrogens with one attached hydrogen (secondary N) is 1. The Labute approximate surface area is 137 Å². The van der Waals surface area contributed by atoms with Gasteiger partial charge in [0.15, 0.2) is 6.10 Å². The van der Waals surface area contributed by atoms with Crippen LogP contribution in [0.2, 0.25) is 0 Å². The number of rotatable bonds is 6. The van der Waals surface area contributed by atoms with E-state index in [0.717, 1.165) is 31.5 Å². The Morgan fingerprint density at radius 2 is 2.09 bits per heavy atom. The molecule has 0 spiro atoms. The maximum absolute atomic E-state index is 12.2. The van der Waals surface area contributed by atoms with E-state index in [9.17, 15) is 9.59 Å². The molecular weight excluding hydrogens is 294 g/mol. The maximum Gasteiger partial charge on any atom is 0.260 e. The molecule has 126 valence electrons. The summed E-state index contributed by atoms with van der Waals surface area (Å²) in [5, 5.41) is 3.02. The second-order valence-electron chi connectivity index (χ2n) is 6.10. The number of primary amides is 1. The SMILES string of the molecule is Cc1cccc(OC(C)C(=O)NC2CCN(CC(N)=O)CC2)c1.